The molecule has 0 bridgehead atoms. The molecular weight excluding hydrogens is 289 g/mol. The summed E-state index contributed by atoms with van der Waals surface area (Å²) in [6, 6.07) is 0. The minimum atomic E-state index is 0. The predicted molar refractivity (Wildman–Crippen MR) is 27.9 cm³/mol. The number of ketones is 1. The maximum Gasteiger partial charge on any atom is 0.126 e. The summed E-state index contributed by atoms with van der Waals surface area (Å²) in [5.74, 6) is 0.167. The summed E-state index contributed by atoms with van der Waals surface area (Å²) in [7, 11) is 0. The molecule has 32 valence electrons. The van der Waals surface area contributed by atoms with Gasteiger partial charge in [-0.3, -0.25) is 0 Å². The number of hydrogen-bond acceptors (Lipinski definition) is 1. The van der Waals surface area contributed by atoms with Gasteiger partial charge in [0.25, 0.3) is 0 Å². The Bertz CT molecular complexity index is 31.8. The molecule has 0 aliphatic heterocycles. The van der Waals surface area contributed by atoms with E-state index in [9.17, 15) is 4.79 Å². The monoisotopic (exact) mass is 298 g/mol. The maximum atomic E-state index is 9.44. The van der Waals surface area contributed by atoms with Gasteiger partial charge in [0.2, 0.25) is 0 Å². The van der Waals surface area contributed by atoms with Crippen molar-refractivity contribution in [3.63, 3.8) is 0 Å². The molecule has 0 aromatic carbocycles. The van der Waals surface area contributed by atoms with Crippen molar-refractivity contribution in [3.05, 3.63) is 0 Å². The minimum Gasteiger partial charge on any atom is -0.300 e. The van der Waals surface area contributed by atoms with Crippen LogP contribution in [0.25, 0.3) is 0 Å². The first-order chi connectivity index (χ1) is 1.73. The Morgan fingerprint density at radius 1 is 1.17 bits per heavy atom. The van der Waals surface area contributed by atoms with Gasteiger partial charge < -0.3 is 4.79 Å². The number of Topliss-reactive ketones (excluding diaryl/α,β-unsaturated/α-hetero) is 1. The van der Waals surface area contributed by atoms with Crippen molar-refractivity contribution in [2.45, 2.75) is 13.8 Å². The second-order valence-electron chi connectivity index (χ2n) is 0.908. The zero-order valence-corrected chi connectivity index (χ0v) is 9.62. The number of carbonyl (C=O) groups is 1. The number of hydrogen-bond donors (Lipinski definition) is 0. The third-order valence-electron chi connectivity index (χ3n) is 0. The van der Waals surface area contributed by atoms with Crippen LogP contribution < -0.4 is 0 Å². The SMILES string of the molecule is CC(C)=O.[Sn].[Sn]. The van der Waals surface area contributed by atoms with Gasteiger partial charge in [-0.15, -0.1) is 0 Å². The molecule has 0 N–H and O–H groups in total. The first kappa shape index (κ1) is 15.7. The molecule has 8 radical (unpaired) electrons. The fourth-order valence-corrected chi connectivity index (χ4v) is 0. The summed E-state index contributed by atoms with van der Waals surface area (Å²) in [5.41, 5.74) is 0. The Balaban J connectivity index is -0.0000000450. The van der Waals surface area contributed by atoms with Gasteiger partial charge in [-0.05, 0) is 13.8 Å². The summed E-state index contributed by atoms with van der Waals surface area (Å²) in [4.78, 5) is 9.44. The smallest absolute Gasteiger partial charge is 0.126 e. The summed E-state index contributed by atoms with van der Waals surface area (Å²) in [6.45, 7) is 3.06. The molecule has 3 heteroatoms. The van der Waals surface area contributed by atoms with Crippen molar-refractivity contribution in [2.24, 2.45) is 0 Å². The van der Waals surface area contributed by atoms with Crippen LogP contribution in [0, 0.1) is 0 Å². The van der Waals surface area contributed by atoms with E-state index in [0.717, 1.165) is 0 Å². The minimum absolute atomic E-state index is 0. The normalized spacial score (nSPS) is 4.33. The summed E-state index contributed by atoms with van der Waals surface area (Å²) in [6.07, 6.45) is 0. The van der Waals surface area contributed by atoms with Gasteiger partial charge in [-0.2, -0.15) is 0 Å². The standard InChI is InChI=1S/C3H6O.2Sn/c1-3(2)4;;/h1-2H3;;. The Labute approximate surface area is 71.8 Å². The molecule has 0 aliphatic rings. The van der Waals surface area contributed by atoms with Gasteiger partial charge in [-0.1, -0.05) is 0 Å². The molecule has 6 heavy (non-hydrogen) atoms. The van der Waals surface area contributed by atoms with Crippen LogP contribution in [0.15, 0.2) is 0 Å². The van der Waals surface area contributed by atoms with Gasteiger partial charge >= 0.3 is 0 Å². The van der Waals surface area contributed by atoms with Gasteiger partial charge in [0.15, 0.2) is 0 Å². The molecule has 0 atom stereocenters. The van der Waals surface area contributed by atoms with E-state index in [0.29, 0.717) is 0 Å². The Morgan fingerprint density at radius 2 is 1.17 bits per heavy atom. The third kappa shape index (κ3) is 59.7. The molecule has 0 unspecified atom stereocenters. The van der Waals surface area contributed by atoms with Gasteiger partial charge in [0.1, 0.15) is 5.78 Å². The van der Waals surface area contributed by atoms with Crippen molar-refractivity contribution < 1.29 is 4.79 Å². The van der Waals surface area contributed by atoms with Crippen LogP contribution in [-0.4, -0.2) is 53.6 Å². The molecule has 0 saturated carbocycles. The summed E-state index contributed by atoms with van der Waals surface area (Å²) < 4.78 is 0. The van der Waals surface area contributed by atoms with Crippen molar-refractivity contribution >= 4 is 53.6 Å². The molecular formula is C3H6OSn2. The molecule has 1 nitrogen and oxygen atoms in total. The topological polar surface area (TPSA) is 17.1 Å². The van der Waals surface area contributed by atoms with Crippen molar-refractivity contribution in [3.8, 4) is 0 Å². The Hall–Kier alpha value is 1.27. The van der Waals surface area contributed by atoms with E-state index >= 15 is 0 Å². The molecule has 0 aromatic heterocycles. The predicted octanol–water partition coefficient (Wildman–Crippen LogP) is -0.166. The van der Waals surface area contributed by atoms with E-state index in [1.54, 1.807) is 0 Å². The number of rotatable bonds is 0. The summed E-state index contributed by atoms with van der Waals surface area (Å²) >= 11 is 0. The first-order valence-electron chi connectivity index (χ1n) is 1.20. The molecule has 0 aromatic rings. The van der Waals surface area contributed by atoms with E-state index < -0.39 is 0 Å². The molecule has 0 saturated heterocycles. The van der Waals surface area contributed by atoms with E-state index in [1.807, 2.05) is 0 Å². The van der Waals surface area contributed by atoms with Crippen molar-refractivity contribution in [1.82, 2.24) is 0 Å². The van der Waals surface area contributed by atoms with Crippen LogP contribution in [0.2, 0.25) is 0 Å². The average molecular weight is 296 g/mol. The van der Waals surface area contributed by atoms with E-state index in [-0.39, 0.29) is 53.6 Å². The average Bonchev–Trinajstić information content (AvgIpc) is 0.811. The van der Waals surface area contributed by atoms with E-state index in [2.05, 4.69) is 0 Å². The molecule has 0 heterocycles. The zero-order valence-electron chi connectivity index (χ0n) is 3.91. The van der Waals surface area contributed by atoms with Crippen molar-refractivity contribution in [2.75, 3.05) is 0 Å². The Kier molecular flexibility index (Phi) is 24.9. The zero-order chi connectivity index (χ0) is 3.58. The van der Waals surface area contributed by atoms with Crippen LogP contribution in [0.3, 0.4) is 0 Å². The summed E-state index contributed by atoms with van der Waals surface area (Å²) in [5, 5.41) is 0. The molecule has 0 aliphatic carbocycles. The second-order valence-corrected chi connectivity index (χ2v) is 0.908. The fourth-order valence-electron chi connectivity index (χ4n) is 0. The van der Waals surface area contributed by atoms with Crippen LogP contribution in [-0.2, 0) is 4.79 Å². The molecule has 0 amide bonds. The largest absolute Gasteiger partial charge is 0.300 e. The number of carbonyl (C=O) groups excluding carboxylic acids is 1. The van der Waals surface area contributed by atoms with Gasteiger partial charge in [0, 0.05) is 47.8 Å². The maximum absolute atomic E-state index is 9.44. The third-order valence-corrected chi connectivity index (χ3v) is 0. The quantitative estimate of drug-likeness (QED) is 0.567. The second kappa shape index (κ2) is 9.55. The van der Waals surface area contributed by atoms with Crippen LogP contribution in [0.4, 0.5) is 0 Å². The van der Waals surface area contributed by atoms with Crippen molar-refractivity contribution in [1.29, 1.82) is 0 Å². The van der Waals surface area contributed by atoms with Gasteiger partial charge in [-0.25, -0.2) is 0 Å². The van der Waals surface area contributed by atoms with Crippen LogP contribution in [0.1, 0.15) is 13.8 Å². The van der Waals surface area contributed by atoms with Crippen LogP contribution >= 0.6 is 0 Å². The Morgan fingerprint density at radius 3 is 1.17 bits per heavy atom. The first-order valence-corrected chi connectivity index (χ1v) is 1.20. The van der Waals surface area contributed by atoms with E-state index in [1.165, 1.54) is 13.8 Å². The van der Waals surface area contributed by atoms with Crippen LogP contribution in [0.5, 0.6) is 0 Å². The molecule has 0 fully saturated rings. The fraction of sp³-hybridized carbons (Fsp3) is 0.667. The van der Waals surface area contributed by atoms with Gasteiger partial charge in [0.05, 0.1) is 0 Å². The molecule has 0 spiro atoms. The molecule has 0 rings (SSSR count). The van der Waals surface area contributed by atoms with E-state index in [4.69, 9.17) is 0 Å².